The zero-order valence-corrected chi connectivity index (χ0v) is 14.6. The summed E-state index contributed by atoms with van der Waals surface area (Å²) in [6.07, 6.45) is -1.54. The normalized spacial score (nSPS) is 11.3. The number of aryl methyl sites for hydroxylation is 1. The van der Waals surface area contributed by atoms with Crippen LogP contribution in [0.15, 0.2) is 65.7 Å². The fraction of sp³-hybridized carbons (Fsp3) is 0.150. The molecule has 0 aliphatic rings. The second-order valence-corrected chi connectivity index (χ2v) is 5.89. The van der Waals surface area contributed by atoms with Crippen LogP contribution in [0.2, 0.25) is 0 Å². The Morgan fingerprint density at radius 2 is 1.63 bits per heavy atom. The van der Waals surface area contributed by atoms with E-state index in [2.05, 4.69) is 0 Å². The molecule has 0 radical (unpaired) electrons. The van der Waals surface area contributed by atoms with Crippen molar-refractivity contribution < 1.29 is 22.6 Å². The van der Waals surface area contributed by atoms with E-state index in [1.165, 1.54) is 31.6 Å². The number of aromatic nitrogens is 1. The van der Waals surface area contributed by atoms with Crippen LogP contribution in [0.4, 0.5) is 13.2 Å². The monoisotopic (exact) mass is 375 g/mol. The van der Waals surface area contributed by atoms with Gasteiger partial charge in [-0.1, -0.05) is 12.1 Å². The van der Waals surface area contributed by atoms with E-state index < -0.39 is 17.2 Å². The Hall–Kier alpha value is -3.22. The maximum atomic E-state index is 13.0. The molecule has 0 spiro atoms. The molecule has 0 atom stereocenters. The third-order valence-electron chi connectivity index (χ3n) is 3.91. The van der Waals surface area contributed by atoms with Gasteiger partial charge in [0.05, 0.1) is 18.9 Å². The lowest BCUT2D eigenvalue weighted by Gasteiger charge is -2.12. The highest BCUT2D eigenvalue weighted by Crippen LogP contribution is 2.32. The van der Waals surface area contributed by atoms with Gasteiger partial charge in [-0.3, -0.25) is 4.79 Å². The second kappa shape index (κ2) is 7.19. The molecule has 2 aromatic carbocycles. The van der Waals surface area contributed by atoms with E-state index in [9.17, 15) is 18.0 Å². The van der Waals surface area contributed by atoms with Crippen molar-refractivity contribution in [3.63, 3.8) is 0 Å². The Labute approximate surface area is 153 Å². The van der Waals surface area contributed by atoms with Crippen molar-refractivity contribution >= 4 is 0 Å². The molecular formula is C20H16F3NO3. The Bertz CT molecular complexity index is 1010. The summed E-state index contributed by atoms with van der Waals surface area (Å²) in [7, 11) is 3.20. The van der Waals surface area contributed by atoms with Gasteiger partial charge in [-0.15, -0.1) is 0 Å². The topological polar surface area (TPSA) is 40.5 Å². The molecule has 27 heavy (non-hydrogen) atoms. The molecule has 3 rings (SSSR count). The van der Waals surface area contributed by atoms with Crippen molar-refractivity contribution in [3.05, 3.63) is 76.7 Å². The smallest absolute Gasteiger partial charge is 0.416 e. The van der Waals surface area contributed by atoms with Gasteiger partial charge in [0.25, 0.3) is 0 Å². The lowest BCUT2D eigenvalue weighted by Crippen LogP contribution is -2.12. The summed E-state index contributed by atoms with van der Waals surface area (Å²) in [5.41, 5.74) is -1.02. The molecule has 0 bridgehead atoms. The van der Waals surface area contributed by atoms with Crippen LogP contribution in [0.25, 0.3) is 11.1 Å². The molecule has 0 aliphatic heterocycles. The van der Waals surface area contributed by atoms with Crippen LogP contribution in [0.1, 0.15) is 5.56 Å². The summed E-state index contributed by atoms with van der Waals surface area (Å²) in [4.78, 5) is 12.8. The minimum atomic E-state index is -4.49. The van der Waals surface area contributed by atoms with Crippen LogP contribution in [0.3, 0.4) is 0 Å². The maximum Gasteiger partial charge on any atom is 0.416 e. The van der Waals surface area contributed by atoms with Crippen molar-refractivity contribution in [2.24, 2.45) is 7.05 Å². The van der Waals surface area contributed by atoms with Gasteiger partial charge < -0.3 is 14.0 Å². The zero-order chi connectivity index (χ0) is 19.6. The summed E-state index contributed by atoms with van der Waals surface area (Å²) in [6, 6.07) is 11.3. The zero-order valence-electron chi connectivity index (χ0n) is 14.6. The summed E-state index contributed by atoms with van der Waals surface area (Å²) in [5.74, 6) is 1.06. The molecule has 140 valence electrons. The molecule has 0 amide bonds. The maximum absolute atomic E-state index is 13.0. The first-order chi connectivity index (χ1) is 12.8. The number of hydrogen-bond acceptors (Lipinski definition) is 3. The minimum Gasteiger partial charge on any atom is -0.497 e. The standard InChI is InChI=1S/C20H16F3NO3/c1-24-11-17(13-4-3-5-14(10-13)20(21,22)23)19(25)18(12-24)27-16-8-6-15(26-2)7-9-16/h3-12H,1-2H3. The van der Waals surface area contributed by atoms with Crippen LogP contribution in [0.5, 0.6) is 17.2 Å². The van der Waals surface area contributed by atoms with Crippen molar-refractivity contribution in [2.45, 2.75) is 6.18 Å². The van der Waals surface area contributed by atoms with Gasteiger partial charge in [0.1, 0.15) is 11.5 Å². The highest BCUT2D eigenvalue weighted by Gasteiger charge is 2.30. The highest BCUT2D eigenvalue weighted by molar-refractivity contribution is 5.65. The van der Waals surface area contributed by atoms with Gasteiger partial charge in [-0.05, 0) is 42.0 Å². The largest absolute Gasteiger partial charge is 0.497 e. The number of hydrogen-bond donors (Lipinski definition) is 0. The lowest BCUT2D eigenvalue weighted by atomic mass is 10.0. The van der Waals surface area contributed by atoms with Crippen LogP contribution in [-0.2, 0) is 13.2 Å². The predicted molar refractivity (Wildman–Crippen MR) is 95.2 cm³/mol. The van der Waals surface area contributed by atoms with Gasteiger partial charge in [0.2, 0.25) is 5.43 Å². The Kier molecular flexibility index (Phi) is 4.94. The van der Waals surface area contributed by atoms with Crippen LogP contribution in [0, 0.1) is 0 Å². The third kappa shape index (κ3) is 4.13. The van der Waals surface area contributed by atoms with Gasteiger partial charge in [0.15, 0.2) is 5.75 Å². The lowest BCUT2D eigenvalue weighted by molar-refractivity contribution is -0.137. The van der Waals surface area contributed by atoms with E-state index in [0.29, 0.717) is 11.5 Å². The number of halogens is 3. The van der Waals surface area contributed by atoms with Crippen molar-refractivity contribution in [1.82, 2.24) is 4.57 Å². The quantitative estimate of drug-likeness (QED) is 0.653. The molecule has 4 nitrogen and oxygen atoms in total. The summed E-state index contributed by atoms with van der Waals surface area (Å²) >= 11 is 0. The third-order valence-corrected chi connectivity index (χ3v) is 3.91. The number of benzene rings is 2. The number of alkyl halides is 3. The molecule has 0 saturated heterocycles. The Morgan fingerprint density at radius 3 is 2.26 bits per heavy atom. The summed E-state index contributed by atoms with van der Waals surface area (Å²) in [6.45, 7) is 0. The van der Waals surface area contributed by atoms with E-state index in [1.807, 2.05) is 0 Å². The first-order valence-corrected chi connectivity index (χ1v) is 7.98. The number of methoxy groups -OCH3 is 1. The predicted octanol–water partition coefficient (Wildman–Crippen LogP) is 4.87. The fourth-order valence-corrected chi connectivity index (χ4v) is 2.59. The second-order valence-electron chi connectivity index (χ2n) is 5.89. The van der Waals surface area contributed by atoms with Crippen LogP contribution < -0.4 is 14.9 Å². The molecule has 0 aliphatic carbocycles. The highest BCUT2D eigenvalue weighted by atomic mass is 19.4. The molecule has 1 heterocycles. The first-order valence-electron chi connectivity index (χ1n) is 7.98. The average molecular weight is 375 g/mol. The number of pyridine rings is 1. The van der Waals surface area contributed by atoms with Gasteiger partial charge in [-0.2, -0.15) is 13.2 Å². The van der Waals surface area contributed by atoms with Crippen molar-refractivity contribution in [3.8, 4) is 28.4 Å². The SMILES string of the molecule is COc1ccc(Oc2cn(C)cc(-c3cccc(C(F)(F)F)c3)c2=O)cc1. The van der Waals surface area contributed by atoms with Crippen molar-refractivity contribution in [1.29, 1.82) is 0 Å². The molecule has 7 heteroatoms. The molecule has 3 aromatic rings. The van der Waals surface area contributed by atoms with E-state index in [4.69, 9.17) is 9.47 Å². The van der Waals surface area contributed by atoms with E-state index in [1.54, 1.807) is 35.9 Å². The molecule has 0 unspecified atom stereocenters. The molecule has 1 aromatic heterocycles. The van der Waals surface area contributed by atoms with E-state index in [0.717, 1.165) is 12.1 Å². The van der Waals surface area contributed by atoms with Gasteiger partial charge in [-0.25, -0.2) is 0 Å². The first kappa shape index (κ1) is 18.6. The summed E-state index contributed by atoms with van der Waals surface area (Å²) < 4.78 is 51.2. The number of nitrogens with zero attached hydrogens (tertiary/aromatic N) is 1. The molecule has 0 fully saturated rings. The molecule has 0 saturated carbocycles. The van der Waals surface area contributed by atoms with E-state index in [-0.39, 0.29) is 16.9 Å². The van der Waals surface area contributed by atoms with Crippen LogP contribution >= 0.6 is 0 Å². The number of ether oxygens (including phenoxy) is 2. The van der Waals surface area contributed by atoms with Crippen LogP contribution in [-0.4, -0.2) is 11.7 Å². The molecular weight excluding hydrogens is 359 g/mol. The van der Waals surface area contributed by atoms with Crippen molar-refractivity contribution in [2.75, 3.05) is 7.11 Å². The average Bonchev–Trinajstić information content (AvgIpc) is 2.64. The van der Waals surface area contributed by atoms with Gasteiger partial charge in [0, 0.05) is 18.8 Å². The Balaban J connectivity index is 2.02. The van der Waals surface area contributed by atoms with Gasteiger partial charge >= 0.3 is 6.18 Å². The van der Waals surface area contributed by atoms with E-state index >= 15 is 0 Å². The number of rotatable bonds is 4. The Morgan fingerprint density at radius 1 is 0.963 bits per heavy atom. The summed E-state index contributed by atoms with van der Waals surface area (Å²) in [5, 5.41) is 0. The fourth-order valence-electron chi connectivity index (χ4n) is 2.59. The molecule has 0 N–H and O–H groups in total. The minimum absolute atomic E-state index is 0.0116.